The van der Waals surface area contributed by atoms with Gasteiger partial charge < -0.3 is 15.5 Å². The van der Waals surface area contributed by atoms with Gasteiger partial charge in [0.1, 0.15) is 5.54 Å². The first-order valence-corrected chi connectivity index (χ1v) is 10.6. The van der Waals surface area contributed by atoms with Crippen LogP contribution in [0.1, 0.15) is 43.2 Å². The summed E-state index contributed by atoms with van der Waals surface area (Å²) in [5.74, 6) is -0.819. The summed E-state index contributed by atoms with van der Waals surface area (Å²) >= 11 is 6.10. The summed E-state index contributed by atoms with van der Waals surface area (Å²) in [6.07, 6.45) is 3.29. The molecule has 29 heavy (non-hydrogen) atoms. The highest BCUT2D eigenvalue weighted by Gasteiger charge is 2.52. The second kappa shape index (κ2) is 7.98. The molecule has 3 N–H and O–H groups in total. The number of aliphatic carboxylic acids is 1. The van der Waals surface area contributed by atoms with Gasteiger partial charge in [0.25, 0.3) is 0 Å². The van der Waals surface area contributed by atoms with E-state index in [1.807, 2.05) is 12.1 Å². The molecular formula is C23H27ClN2O3. The van der Waals surface area contributed by atoms with Gasteiger partial charge >= 0.3 is 5.97 Å². The van der Waals surface area contributed by atoms with Crippen LogP contribution in [0.4, 0.5) is 5.69 Å². The number of carboxylic acid groups (broad SMARTS) is 1. The lowest BCUT2D eigenvalue weighted by atomic mass is 9.69. The van der Waals surface area contributed by atoms with Gasteiger partial charge in [-0.1, -0.05) is 41.9 Å². The minimum absolute atomic E-state index is 0.152. The summed E-state index contributed by atoms with van der Waals surface area (Å²) in [6, 6.07) is 15.7. The highest BCUT2D eigenvalue weighted by Crippen LogP contribution is 2.51. The van der Waals surface area contributed by atoms with Crippen LogP contribution >= 0.6 is 11.6 Å². The Morgan fingerprint density at radius 3 is 2.55 bits per heavy atom. The zero-order valence-corrected chi connectivity index (χ0v) is 17.2. The van der Waals surface area contributed by atoms with Crippen LogP contribution in [0.5, 0.6) is 0 Å². The maximum atomic E-state index is 12.3. The summed E-state index contributed by atoms with van der Waals surface area (Å²) in [4.78, 5) is 14.8. The van der Waals surface area contributed by atoms with E-state index < -0.39 is 11.5 Å². The number of aliphatic hydroxyl groups excluding tert-OH is 1. The van der Waals surface area contributed by atoms with E-state index in [4.69, 9.17) is 11.6 Å². The second-order valence-corrected chi connectivity index (χ2v) is 8.65. The first-order chi connectivity index (χ1) is 14.0. The van der Waals surface area contributed by atoms with Gasteiger partial charge in [-0.15, -0.1) is 0 Å². The third kappa shape index (κ3) is 3.63. The molecule has 4 rings (SSSR count). The number of carbonyl (C=O) groups is 1. The van der Waals surface area contributed by atoms with E-state index >= 15 is 0 Å². The van der Waals surface area contributed by atoms with Crippen LogP contribution in [0, 0.1) is 0 Å². The average molecular weight is 415 g/mol. The van der Waals surface area contributed by atoms with E-state index in [0.29, 0.717) is 17.9 Å². The fraction of sp³-hybridized carbons (Fsp3) is 0.435. The van der Waals surface area contributed by atoms with Crippen LogP contribution in [0.25, 0.3) is 0 Å². The predicted octanol–water partition coefficient (Wildman–Crippen LogP) is 4.24. The number of rotatable bonds is 6. The summed E-state index contributed by atoms with van der Waals surface area (Å²) in [5, 5.41) is 23.3. The lowest BCUT2D eigenvalue weighted by Crippen LogP contribution is -2.55. The van der Waals surface area contributed by atoms with Crippen molar-refractivity contribution in [2.75, 3.05) is 18.5 Å². The Labute approximate surface area is 176 Å². The van der Waals surface area contributed by atoms with Crippen molar-refractivity contribution in [1.29, 1.82) is 0 Å². The van der Waals surface area contributed by atoms with Gasteiger partial charge in [-0.05, 0) is 61.4 Å². The van der Waals surface area contributed by atoms with Crippen molar-refractivity contribution in [2.45, 2.75) is 49.7 Å². The topological polar surface area (TPSA) is 72.8 Å². The van der Waals surface area contributed by atoms with E-state index in [1.165, 1.54) is 11.1 Å². The molecule has 1 heterocycles. The third-order valence-corrected chi connectivity index (χ3v) is 6.85. The number of carboxylic acids is 1. The molecule has 1 aliphatic heterocycles. The average Bonchev–Trinajstić information content (AvgIpc) is 3.01. The number of benzene rings is 2. The van der Waals surface area contributed by atoms with Crippen LogP contribution in [0.2, 0.25) is 5.02 Å². The number of hydrogen-bond donors (Lipinski definition) is 3. The van der Waals surface area contributed by atoms with E-state index in [9.17, 15) is 15.0 Å². The Kier molecular flexibility index (Phi) is 5.56. The Hall–Kier alpha value is -2.08. The number of nitrogens with one attached hydrogen (secondary N) is 1. The van der Waals surface area contributed by atoms with Gasteiger partial charge in [-0.25, -0.2) is 4.79 Å². The molecule has 1 aliphatic carbocycles. The van der Waals surface area contributed by atoms with Gasteiger partial charge in [-0.2, -0.15) is 0 Å². The molecule has 154 valence electrons. The zero-order chi connectivity index (χ0) is 20.5. The summed E-state index contributed by atoms with van der Waals surface area (Å²) in [6.45, 7) is 1.84. The van der Waals surface area contributed by atoms with Crippen molar-refractivity contribution in [3.63, 3.8) is 0 Å². The molecule has 0 radical (unpaired) electrons. The van der Waals surface area contributed by atoms with Gasteiger partial charge in [0.15, 0.2) is 0 Å². The van der Waals surface area contributed by atoms with Crippen molar-refractivity contribution < 1.29 is 15.0 Å². The highest BCUT2D eigenvalue weighted by molar-refractivity contribution is 6.30. The lowest BCUT2D eigenvalue weighted by molar-refractivity contribution is -0.144. The molecule has 0 atom stereocenters. The van der Waals surface area contributed by atoms with Gasteiger partial charge in [0, 0.05) is 35.9 Å². The molecule has 6 heteroatoms. The maximum absolute atomic E-state index is 12.3. The Balaban J connectivity index is 1.61. The maximum Gasteiger partial charge on any atom is 0.329 e. The van der Waals surface area contributed by atoms with Gasteiger partial charge in [-0.3, -0.25) is 4.90 Å². The third-order valence-electron chi connectivity index (χ3n) is 6.62. The zero-order valence-electron chi connectivity index (χ0n) is 16.4. The SMILES string of the molecule is O=C(O)C1(Nc2cccc(Cl)c2)CCC2(CC1)c1ccccc1CN2CCCO. The quantitative estimate of drug-likeness (QED) is 0.659. The lowest BCUT2D eigenvalue weighted by Gasteiger charge is -2.48. The smallest absolute Gasteiger partial charge is 0.329 e. The van der Waals surface area contributed by atoms with Crippen molar-refractivity contribution in [3.8, 4) is 0 Å². The first-order valence-electron chi connectivity index (χ1n) is 10.2. The largest absolute Gasteiger partial charge is 0.480 e. The van der Waals surface area contributed by atoms with E-state index in [2.05, 4.69) is 34.5 Å². The fourth-order valence-corrected chi connectivity index (χ4v) is 5.30. The van der Waals surface area contributed by atoms with E-state index in [0.717, 1.165) is 38.0 Å². The number of fused-ring (bicyclic) bond motifs is 2. The number of anilines is 1. The number of halogens is 1. The van der Waals surface area contributed by atoms with Crippen molar-refractivity contribution in [1.82, 2.24) is 4.90 Å². The van der Waals surface area contributed by atoms with E-state index in [-0.39, 0.29) is 12.1 Å². The van der Waals surface area contributed by atoms with Crippen molar-refractivity contribution in [2.24, 2.45) is 0 Å². The van der Waals surface area contributed by atoms with Gasteiger partial charge in [0.05, 0.1) is 0 Å². The van der Waals surface area contributed by atoms with Crippen molar-refractivity contribution in [3.05, 3.63) is 64.7 Å². The predicted molar refractivity (Wildman–Crippen MR) is 114 cm³/mol. The standard InChI is InChI=1S/C23H27ClN2O3/c24-18-6-3-7-19(15-18)25-22(21(28)29)9-11-23(12-10-22)20-8-2-1-5-17(20)16-26(23)13-4-14-27/h1-3,5-8,15,25,27H,4,9-14,16H2,(H,28,29). The molecule has 2 aliphatic rings. The van der Waals surface area contributed by atoms with Crippen molar-refractivity contribution >= 4 is 23.3 Å². The second-order valence-electron chi connectivity index (χ2n) is 8.21. The molecule has 1 fully saturated rings. The Bertz CT molecular complexity index is 893. The number of nitrogens with zero attached hydrogens (tertiary/aromatic N) is 1. The number of aliphatic hydroxyl groups is 1. The molecule has 1 spiro atoms. The monoisotopic (exact) mass is 414 g/mol. The summed E-state index contributed by atoms with van der Waals surface area (Å²) in [7, 11) is 0. The molecule has 0 unspecified atom stereocenters. The molecule has 0 saturated heterocycles. The molecule has 1 saturated carbocycles. The minimum Gasteiger partial charge on any atom is -0.480 e. The molecule has 0 bridgehead atoms. The molecule has 0 amide bonds. The molecule has 5 nitrogen and oxygen atoms in total. The molecule has 2 aromatic rings. The van der Waals surface area contributed by atoms with Crippen LogP contribution in [0.3, 0.4) is 0 Å². The van der Waals surface area contributed by atoms with Crippen LogP contribution in [0.15, 0.2) is 48.5 Å². The summed E-state index contributed by atoms with van der Waals surface area (Å²) < 4.78 is 0. The molecule has 2 aromatic carbocycles. The van der Waals surface area contributed by atoms with Crippen LogP contribution < -0.4 is 5.32 Å². The van der Waals surface area contributed by atoms with Crippen LogP contribution in [-0.4, -0.2) is 39.8 Å². The Morgan fingerprint density at radius 1 is 1.10 bits per heavy atom. The number of hydrogen-bond acceptors (Lipinski definition) is 4. The molecule has 0 aromatic heterocycles. The Morgan fingerprint density at radius 2 is 1.86 bits per heavy atom. The normalized spacial score (nSPS) is 26.4. The summed E-state index contributed by atoms with van der Waals surface area (Å²) in [5.41, 5.74) is 2.21. The fourth-order valence-electron chi connectivity index (χ4n) is 5.10. The minimum atomic E-state index is -1.00. The highest BCUT2D eigenvalue weighted by atomic mass is 35.5. The first kappa shape index (κ1) is 20.2. The van der Waals surface area contributed by atoms with Crippen LogP contribution in [-0.2, 0) is 16.9 Å². The molecular weight excluding hydrogens is 388 g/mol. The van der Waals surface area contributed by atoms with E-state index in [1.54, 1.807) is 12.1 Å². The van der Waals surface area contributed by atoms with Gasteiger partial charge in [0.2, 0.25) is 0 Å².